The molecule has 0 bridgehead atoms. The van der Waals surface area contributed by atoms with Crippen molar-refractivity contribution in [1.82, 2.24) is 14.8 Å². The first-order chi connectivity index (χ1) is 14.7. The Kier molecular flexibility index (Phi) is 5.05. The Bertz CT molecular complexity index is 1280. The van der Waals surface area contributed by atoms with Crippen molar-refractivity contribution in [2.45, 2.75) is 6.36 Å². The van der Waals surface area contributed by atoms with E-state index in [0.717, 1.165) is 6.07 Å². The average molecular weight is 430 g/mol. The van der Waals surface area contributed by atoms with Gasteiger partial charge < -0.3 is 10.1 Å². The van der Waals surface area contributed by atoms with Gasteiger partial charge >= 0.3 is 6.36 Å². The number of anilines is 1. The summed E-state index contributed by atoms with van der Waals surface area (Å²) < 4.78 is 57.7. The lowest BCUT2D eigenvalue weighted by Crippen LogP contribution is -2.20. The molecule has 0 spiro atoms. The van der Waals surface area contributed by atoms with Gasteiger partial charge in [0.2, 0.25) is 0 Å². The number of ether oxygens (including phenoxy) is 1. The minimum absolute atomic E-state index is 0.158. The van der Waals surface area contributed by atoms with E-state index in [2.05, 4.69) is 20.1 Å². The second-order valence-corrected chi connectivity index (χ2v) is 6.59. The third-order valence-corrected chi connectivity index (χ3v) is 4.46. The van der Waals surface area contributed by atoms with Crippen molar-refractivity contribution < 1.29 is 27.1 Å². The minimum Gasteiger partial charge on any atom is -0.404 e. The van der Waals surface area contributed by atoms with E-state index in [4.69, 9.17) is 0 Å². The van der Waals surface area contributed by atoms with Gasteiger partial charge in [0.15, 0.2) is 5.75 Å². The molecule has 0 aliphatic carbocycles. The van der Waals surface area contributed by atoms with Crippen molar-refractivity contribution in [2.24, 2.45) is 7.05 Å². The van der Waals surface area contributed by atoms with Crippen LogP contribution in [0.5, 0.6) is 5.75 Å². The predicted octanol–water partition coefficient (Wildman–Crippen LogP) is 4.93. The second kappa shape index (κ2) is 7.71. The van der Waals surface area contributed by atoms with Gasteiger partial charge in [-0.25, -0.2) is 9.37 Å². The van der Waals surface area contributed by atoms with E-state index in [-0.39, 0.29) is 11.4 Å². The van der Waals surface area contributed by atoms with Crippen LogP contribution in [0.3, 0.4) is 0 Å². The zero-order valence-electron chi connectivity index (χ0n) is 15.9. The predicted molar refractivity (Wildman–Crippen MR) is 105 cm³/mol. The van der Waals surface area contributed by atoms with E-state index in [1.165, 1.54) is 54.3 Å². The molecule has 4 rings (SSSR count). The summed E-state index contributed by atoms with van der Waals surface area (Å²) in [4.78, 5) is 16.8. The van der Waals surface area contributed by atoms with Crippen LogP contribution in [0.25, 0.3) is 22.2 Å². The lowest BCUT2D eigenvalue weighted by atomic mass is 10.1. The highest BCUT2D eigenvalue weighted by atomic mass is 19.4. The van der Waals surface area contributed by atoms with Crippen molar-refractivity contribution in [2.75, 3.05) is 5.32 Å². The van der Waals surface area contributed by atoms with Crippen LogP contribution in [-0.2, 0) is 7.05 Å². The average Bonchev–Trinajstić information content (AvgIpc) is 3.14. The van der Waals surface area contributed by atoms with E-state index >= 15 is 0 Å². The molecule has 2 heterocycles. The van der Waals surface area contributed by atoms with Crippen LogP contribution in [0.2, 0.25) is 0 Å². The number of alkyl halides is 3. The maximum Gasteiger partial charge on any atom is 0.573 e. The first-order valence-electron chi connectivity index (χ1n) is 8.95. The normalized spacial score (nSPS) is 11.5. The number of fused-ring (bicyclic) bond motifs is 1. The molecule has 0 radical (unpaired) electrons. The number of nitrogens with zero attached hydrogens (tertiary/aromatic N) is 3. The van der Waals surface area contributed by atoms with E-state index in [1.807, 2.05) is 0 Å². The van der Waals surface area contributed by atoms with Crippen molar-refractivity contribution in [3.63, 3.8) is 0 Å². The molecule has 0 aliphatic rings. The van der Waals surface area contributed by atoms with E-state index in [1.54, 1.807) is 12.1 Å². The van der Waals surface area contributed by atoms with Crippen LogP contribution < -0.4 is 10.1 Å². The zero-order chi connectivity index (χ0) is 22.2. The van der Waals surface area contributed by atoms with Gasteiger partial charge in [-0.15, -0.1) is 13.2 Å². The highest BCUT2D eigenvalue weighted by Crippen LogP contribution is 2.35. The molecule has 0 atom stereocenters. The SMILES string of the molecule is Cn1nccc1C(=O)Nc1ccc(-c2ccc3cc(F)ccc3n2)cc1OC(F)(F)F. The molecule has 1 N–H and O–H groups in total. The number of aryl methyl sites for hydroxylation is 1. The van der Waals surface area contributed by atoms with Crippen LogP contribution in [0.4, 0.5) is 23.2 Å². The molecule has 4 aromatic rings. The molecule has 1 amide bonds. The van der Waals surface area contributed by atoms with Gasteiger partial charge in [0.05, 0.1) is 16.9 Å². The Morgan fingerprint density at radius 1 is 1.06 bits per heavy atom. The lowest BCUT2D eigenvalue weighted by molar-refractivity contribution is -0.274. The first-order valence-corrected chi connectivity index (χ1v) is 8.95. The molecule has 158 valence electrons. The van der Waals surface area contributed by atoms with Crippen LogP contribution in [0.15, 0.2) is 60.8 Å². The number of nitrogens with one attached hydrogen (secondary N) is 1. The topological polar surface area (TPSA) is 69.0 Å². The summed E-state index contributed by atoms with van der Waals surface area (Å²) in [7, 11) is 1.53. The Hall–Kier alpha value is -3.95. The van der Waals surface area contributed by atoms with Gasteiger partial charge in [0.25, 0.3) is 5.91 Å². The maximum atomic E-state index is 13.4. The molecule has 31 heavy (non-hydrogen) atoms. The maximum absolute atomic E-state index is 13.4. The number of carbonyl (C=O) groups excluding carboxylic acids is 1. The summed E-state index contributed by atoms with van der Waals surface area (Å²) in [5.74, 6) is -1.66. The zero-order valence-corrected chi connectivity index (χ0v) is 15.9. The number of pyridine rings is 1. The summed E-state index contributed by atoms with van der Waals surface area (Å²) in [6.07, 6.45) is -3.58. The molecule has 0 saturated heterocycles. The largest absolute Gasteiger partial charge is 0.573 e. The highest BCUT2D eigenvalue weighted by Gasteiger charge is 2.32. The summed E-state index contributed by atoms with van der Waals surface area (Å²) in [5.41, 5.74) is 1.14. The van der Waals surface area contributed by atoms with E-state index in [0.29, 0.717) is 22.2 Å². The molecule has 10 heteroatoms. The van der Waals surface area contributed by atoms with Crippen LogP contribution in [0, 0.1) is 5.82 Å². The third kappa shape index (κ3) is 4.47. The number of aromatic nitrogens is 3. The molecule has 0 fully saturated rings. The van der Waals surface area contributed by atoms with Crippen molar-refractivity contribution in [1.29, 1.82) is 0 Å². The Morgan fingerprint density at radius 2 is 1.87 bits per heavy atom. The molecule has 0 unspecified atom stereocenters. The smallest absolute Gasteiger partial charge is 0.404 e. The fourth-order valence-electron chi connectivity index (χ4n) is 3.03. The monoisotopic (exact) mass is 430 g/mol. The molecule has 2 aromatic heterocycles. The van der Waals surface area contributed by atoms with Gasteiger partial charge in [-0.05, 0) is 42.5 Å². The number of rotatable bonds is 4. The second-order valence-electron chi connectivity index (χ2n) is 6.59. The van der Waals surface area contributed by atoms with Crippen molar-refractivity contribution >= 4 is 22.5 Å². The minimum atomic E-state index is -4.97. The molecule has 6 nitrogen and oxygen atoms in total. The Morgan fingerprint density at radius 3 is 2.58 bits per heavy atom. The van der Waals surface area contributed by atoms with Gasteiger partial charge in [-0.3, -0.25) is 9.48 Å². The fraction of sp³-hybridized carbons (Fsp3) is 0.0952. The quantitative estimate of drug-likeness (QED) is 0.467. The lowest BCUT2D eigenvalue weighted by Gasteiger charge is -2.15. The third-order valence-electron chi connectivity index (χ3n) is 4.46. The number of carbonyl (C=O) groups is 1. The number of hydrogen-bond donors (Lipinski definition) is 1. The summed E-state index contributed by atoms with van der Waals surface area (Å²) >= 11 is 0. The van der Waals surface area contributed by atoms with Crippen LogP contribution >= 0.6 is 0 Å². The first kappa shape index (κ1) is 20.3. The number of halogens is 4. The van der Waals surface area contributed by atoms with Crippen LogP contribution in [0.1, 0.15) is 10.5 Å². The molecule has 0 aliphatic heterocycles. The summed E-state index contributed by atoms with van der Waals surface area (Å²) in [6.45, 7) is 0. The van der Waals surface area contributed by atoms with E-state index < -0.39 is 23.8 Å². The van der Waals surface area contributed by atoms with Gasteiger partial charge in [-0.1, -0.05) is 12.1 Å². The van der Waals surface area contributed by atoms with Gasteiger partial charge in [0.1, 0.15) is 11.5 Å². The van der Waals surface area contributed by atoms with Gasteiger partial charge in [0, 0.05) is 24.2 Å². The molecule has 0 saturated carbocycles. The summed E-state index contributed by atoms with van der Waals surface area (Å²) in [6, 6.07) is 12.5. The number of hydrogen-bond acceptors (Lipinski definition) is 4. The van der Waals surface area contributed by atoms with Crippen molar-refractivity contribution in [3.8, 4) is 17.0 Å². The highest BCUT2D eigenvalue weighted by molar-refractivity contribution is 6.04. The molecular formula is C21H14F4N4O2. The van der Waals surface area contributed by atoms with Crippen molar-refractivity contribution in [3.05, 3.63) is 72.3 Å². The Balaban J connectivity index is 1.72. The fourth-order valence-corrected chi connectivity index (χ4v) is 3.03. The standard InChI is InChI=1S/C21H14F4N4O2/c1-29-18(8-9-26-29)20(30)28-17-6-3-13(11-19(17)31-21(23,24)25)15-5-2-12-10-14(22)4-7-16(12)27-15/h2-11H,1H3,(H,28,30). The molecular weight excluding hydrogens is 416 g/mol. The number of benzene rings is 2. The van der Waals surface area contributed by atoms with Crippen LogP contribution in [-0.4, -0.2) is 27.0 Å². The number of amides is 1. The van der Waals surface area contributed by atoms with Gasteiger partial charge in [-0.2, -0.15) is 5.10 Å². The van der Waals surface area contributed by atoms with E-state index in [9.17, 15) is 22.4 Å². The Labute approximate surface area is 173 Å². The molecule has 2 aromatic carbocycles. The summed E-state index contributed by atoms with van der Waals surface area (Å²) in [5, 5.41) is 6.81.